The number of aromatic nitrogens is 2. The molecule has 1 amide bonds. The first-order valence-electron chi connectivity index (χ1n) is 8.61. The molecular formula is C19H24N4O. The molecule has 1 aromatic heterocycles. The first-order valence-corrected chi connectivity index (χ1v) is 8.61. The van der Waals surface area contributed by atoms with E-state index in [0.717, 1.165) is 37.2 Å². The minimum atomic E-state index is -0.0116. The molecule has 0 unspecified atom stereocenters. The summed E-state index contributed by atoms with van der Waals surface area (Å²) in [7, 11) is 0. The number of nitrogens with zero attached hydrogens (tertiary/aromatic N) is 3. The Bertz CT molecular complexity index is 704. The highest BCUT2D eigenvalue weighted by atomic mass is 16.2. The van der Waals surface area contributed by atoms with Gasteiger partial charge in [0, 0.05) is 18.8 Å². The minimum absolute atomic E-state index is 0.0116. The van der Waals surface area contributed by atoms with Gasteiger partial charge in [-0.3, -0.25) is 4.79 Å². The Morgan fingerprint density at radius 3 is 2.38 bits per heavy atom. The molecular weight excluding hydrogens is 300 g/mol. The third-order valence-corrected chi connectivity index (χ3v) is 4.42. The number of likely N-dealkylation sites (tertiary alicyclic amines) is 1. The van der Waals surface area contributed by atoms with E-state index in [1.54, 1.807) is 6.07 Å². The molecule has 0 radical (unpaired) electrons. The maximum absolute atomic E-state index is 12.5. The molecule has 1 fully saturated rings. The van der Waals surface area contributed by atoms with Crippen LogP contribution in [0.5, 0.6) is 0 Å². The molecule has 1 aliphatic rings. The summed E-state index contributed by atoms with van der Waals surface area (Å²) >= 11 is 0. The zero-order valence-electron chi connectivity index (χ0n) is 14.4. The molecule has 1 aliphatic heterocycles. The molecule has 0 bridgehead atoms. The van der Waals surface area contributed by atoms with Crippen LogP contribution >= 0.6 is 0 Å². The van der Waals surface area contributed by atoms with Gasteiger partial charge < -0.3 is 10.2 Å². The second kappa shape index (κ2) is 7.43. The Labute approximate surface area is 143 Å². The van der Waals surface area contributed by atoms with Gasteiger partial charge in [0.25, 0.3) is 5.91 Å². The van der Waals surface area contributed by atoms with E-state index in [1.807, 2.05) is 17.0 Å². The molecule has 2 heterocycles. The summed E-state index contributed by atoms with van der Waals surface area (Å²) in [6.45, 7) is 5.77. The summed E-state index contributed by atoms with van der Waals surface area (Å²) in [5.41, 5.74) is 3.80. The number of rotatable bonds is 3. The van der Waals surface area contributed by atoms with Crippen LogP contribution in [0.15, 0.2) is 30.3 Å². The second-order valence-electron chi connectivity index (χ2n) is 6.45. The number of aryl methyl sites for hydroxylation is 2. The van der Waals surface area contributed by atoms with Crippen molar-refractivity contribution in [2.24, 2.45) is 0 Å². The van der Waals surface area contributed by atoms with Crippen molar-refractivity contribution in [2.75, 3.05) is 18.4 Å². The van der Waals surface area contributed by atoms with E-state index in [-0.39, 0.29) is 5.91 Å². The summed E-state index contributed by atoms with van der Waals surface area (Å²) < 4.78 is 0. The van der Waals surface area contributed by atoms with Gasteiger partial charge in [0.05, 0.1) is 0 Å². The summed E-state index contributed by atoms with van der Waals surface area (Å²) in [6.07, 6.45) is 4.56. The van der Waals surface area contributed by atoms with Crippen molar-refractivity contribution >= 4 is 17.4 Å². The van der Waals surface area contributed by atoms with Crippen LogP contribution in [-0.4, -0.2) is 34.1 Å². The fraction of sp³-hybridized carbons (Fsp3) is 0.421. The van der Waals surface area contributed by atoms with E-state index >= 15 is 0 Å². The van der Waals surface area contributed by atoms with Crippen LogP contribution in [0.1, 0.15) is 47.3 Å². The van der Waals surface area contributed by atoms with E-state index in [9.17, 15) is 4.79 Å². The van der Waals surface area contributed by atoms with E-state index in [0.29, 0.717) is 11.5 Å². The van der Waals surface area contributed by atoms with Crippen LogP contribution in [0.3, 0.4) is 0 Å². The average molecular weight is 324 g/mol. The fourth-order valence-electron chi connectivity index (χ4n) is 3.04. The van der Waals surface area contributed by atoms with Crippen LogP contribution in [0, 0.1) is 13.8 Å². The molecule has 24 heavy (non-hydrogen) atoms. The van der Waals surface area contributed by atoms with Crippen LogP contribution in [0.25, 0.3) is 0 Å². The summed E-state index contributed by atoms with van der Waals surface area (Å²) in [4.78, 5) is 14.4. The summed E-state index contributed by atoms with van der Waals surface area (Å²) in [6, 6.07) is 9.78. The van der Waals surface area contributed by atoms with Gasteiger partial charge in [-0.25, -0.2) is 0 Å². The minimum Gasteiger partial charge on any atom is -0.339 e. The van der Waals surface area contributed by atoms with E-state index in [2.05, 4.69) is 41.5 Å². The lowest BCUT2D eigenvalue weighted by molar-refractivity contribution is 0.0754. The van der Waals surface area contributed by atoms with Crippen molar-refractivity contribution in [3.8, 4) is 0 Å². The van der Waals surface area contributed by atoms with Gasteiger partial charge in [-0.2, -0.15) is 0 Å². The third kappa shape index (κ3) is 3.91. The molecule has 126 valence electrons. The molecule has 0 saturated carbocycles. The lowest BCUT2D eigenvalue weighted by Crippen LogP contribution is -2.32. The molecule has 0 atom stereocenters. The van der Waals surface area contributed by atoms with Gasteiger partial charge in [0.15, 0.2) is 11.5 Å². The third-order valence-electron chi connectivity index (χ3n) is 4.42. The molecule has 2 aromatic rings. The number of benzene rings is 1. The molecule has 5 heteroatoms. The number of amides is 1. The first kappa shape index (κ1) is 16.4. The Hall–Kier alpha value is -2.43. The zero-order valence-corrected chi connectivity index (χ0v) is 14.4. The summed E-state index contributed by atoms with van der Waals surface area (Å²) in [5, 5.41) is 11.5. The Kier molecular flexibility index (Phi) is 5.08. The largest absolute Gasteiger partial charge is 0.339 e. The Balaban J connectivity index is 1.69. The molecule has 0 aliphatic carbocycles. The van der Waals surface area contributed by atoms with Gasteiger partial charge in [0.1, 0.15) is 0 Å². The normalized spacial score (nSPS) is 15.0. The van der Waals surface area contributed by atoms with Crippen LogP contribution < -0.4 is 5.32 Å². The van der Waals surface area contributed by atoms with Crippen molar-refractivity contribution in [3.63, 3.8) is 0 Å². The van der Waals surface area contributed by atoms with E-state index in [1.165, 1.54) is 18.4 Å². The Morgan fingerprint density at radius 2 is 1.75 bits per heavy atom. The highest BCUT2D eigenvalue weighted by Crippen LogP contribution is 2.20. The van der Waals surface area contributed by atoms with Crippen LogP contribution in [0.4, 0.5) is 11.5 Å². The molecule has 3 rings (SSSR count). The molecule has 1 aromatic carbocycles. The van der Waals surface area contributed by atoms with Gasteiger partial charge in [-0.1, -0.05) is 30.5 Å². The number of hydrogen-bond donors (Lipinski definition) is 1. The van der Waals surface area contributed by atoms with E-state index in [4.69, 9.17) is 0 Å². The van der Waals surface area contributed by atoms with Crippen molar-refractivity contribution in [1.29, 1.82) is 0 Å². The number of carbonyl (C=O) groups is 1. The monoisotopic (exact) mass is 324 g/mol. The van der Waals surface area contributed by atoms with Gasteiger partial charge in [0.2, 0.25) is 0 Å². The molecule has 0 spiro atoms. The first-order chi connectivity index (χ1) is 11.6. The highest BCUT2D eigenvalue weighted by molar-refractivity contribution is 5.92. The second-order valence-corrected chi connectivity index (χ2v) is 6.45. The highest BCUT2D eigenvalue weighted by Gasteiger charge is 2.18. The SMILES string of the molecule is Cc1ccc(Nc2ccc(C(=O)N3CCCCCC3)nn2)c(C)c1. The number of anilines is 2. The van der Waals surface area contributed by atoms with E-state index < -0.39 is 0 Å². The number of carbonyl (C=O) groups excluding carboxylic acids is 1. The maximum Gasteiger partial charge on any atom is 0.274 e. The Morgan fingerprint density at radius 1 is 1.00 bits per heavy atom. The maximum atomic E-state index is 12.5. The standard InChI is InChI=1S/C19H24N4O/c1-14-7-8-16(15(2)13-14)20-18-10-9-17(21-22-18)19(24)23-11-5-3-4-6-12-23/h7-10,13H,3-6,11-12H2,1-2H3,(H,20,22). The lowest BCUT2D eigenvalue weighted by Gasteiger charge is -2.19. The number of nitrogens with one attached hydrogen (secondary N) is 1. The predicted molar refractivity (Wildman–Crippen MR) is 95.6 cm³/mol. The smallest absolute Gasteiger partial charge is 0.274 e. The topological polar surface area (TPSA) is 58.1 Å². The summed E-state index contributed by atoms with van der Waals surface area (Å²) in [5.74, 6) is 0.636. The van der Waals surface area contributed by atoms with Gasteiger partial charge in [-0.15, -0.1) is 10.2 Å². The quantitative estimate of drug-likeness (QED) is 0.931. The average Bonchev–Trinajstić information content (AvgIpc) is 2.87. The fourth-order valence-corrected chi connectivity index (χ4v) is 3.04. The van der Waals surface area contributed by atoms with Gasteiger partial charge >= 0.3 is 0 Å². The zero-order chi connectivity index (χ0) is 16.9. The lowest BCUT2D eigenvalue weighted by atomic mass is 10.1. The van der Waals surface area contributed by atoms with Crippen molar-refractivity contribution in [1.82, 2.24) is 15.1 Å². The number of hydrogen-bond acceptors (Lipinski definition) is 4. The predicted octanol–water partition coefficient (Wildman–Crippen LogP) is 3.85. The van der Waals surface area contributed by atoms with Crippen molar-refractivity contribution in [2.45, 2.75) is 39.5 Å². The van der Waals surface area contributed by atoms with Gasteiger partial charge in [-0.05, 0) is 50.5 Å². The molecule has 5 nitrogen and oxygen atoms in total. The van der Waals surface area contributed by atoms with Crippen LogP contribution in [-0.2, 0) is 0 Å². The van der Waals surface area contributed by atoms with Crippen molar-refractivity contribution < 1.29 is 4.79 Å². The molecule has 1 N–H and O–H groups in total. The molecule has 1 saturated heterocycles. The van der Waals surface area contributed by atoms with Crippen molar-refractivity contribution in [3.05, 3.63) is 47.2 Å². The van der Waals surface area contributed by atoms with Crippen LogP contribution in [0.2, 0.25) is 0 Å².